The first-order valence-corrected chi connectivity index (χ1v) is 31.5. The van der Waals surface area contributed by atoms with Crippen molar-refractivity contribution in [3.8, 4) is 90.5 Å². The highest BCUT2D eigenvalue weighted by Gasteiger charge is 2.24. The van der Waals surface area contributed by atoms with Crippen LogP contribution in [0.5, 0.6) is 46.0 Å². The standard InChI is InChI=1S/C20H24N2O3.C19H23N3O3.C18H21N3O3.C18H23NO3/c1-12(2)18-16(24-5)9-13(10-17(18)25-6)15-11-22(4)20(23)19-14(15)7-8-21(19)3;1-11(2)17-15(24-5)7-12(8-16(17)25-6)14-10-21(3)19(23)18-13(14)9-20-22(18)4;1-10(2)16-14(23-4)6-11(7-15(16)24-5)13-9-21(3)18(22)17-12(13)8-19-20-17;1-11(2)17-15(21-5)8-13(9-16(17)22-6)14-7-12(3)18(20)19(4)10-14/h7-12H,1-6H3;7-11H,1-6H3;6-10H,1-5H3,(H,19,20);7-11H,1-6H3. The Morgan fingerprint density at radius 2 is 0.698 bits per heavy atom. The molecule has 21 nitrogen and oxygen atoms in total. The molecule has 7 heterocycles. The van der Waals surface area contributed by atoms with Crippen molar-refractivity contribution in [3.63, 3.8) is 0 Å². The topological polar surface area (TPSA) is 213 Å². The molecule has 11 rings (SSSR count). The number of methoxy groups -OCH3 is 8. The van der Waals surface area contributed by atoms with Crippen molar-refractivity contribution in [1.29, 1.82) is 0 Å². The van der Waals surface area contributed by atoms with Crippen LogP contribution < -0.4 is 60.1 Å². The maximum Gasteiger partial charge on any atom is 0.276 e. The molecule has 0 unspecified atom stereocenters. The van der Waals surface area contributed by atoms with E-state index in [1.165, 1.54) is 0 Å². The number of benzene rings is 4. The smallest absolute Gasteiger partial charge is 0.276 e. The zero-order chi connectivity index (χ0) is 70.5. The van der Waals surface area contributed by atoms with Crippen LogP contribution in [-0.4, -0.2) is 99.7 Å². The fourth-order valence-corrected chi connectivity index (χ4v) is 12.4. The molecule has 96 heavy (non-hydrogen) atoms. The van der Waals surface area contributed by atoms with Gasteiger partial charge in [-0.05, 0) is 119 Å². The number of rotatable bonds is 16. The van der Waals surface area contributed by atoms with E-state index in [1.54, 1.807) is 127 Å². The van der Waals surface area contributed by atoms with Gasteiger partial charge in [0.25, 0.3) is 22.2 Å². The summed E-state index contributed by atoms with van der Waals surface area (Å²) in [5.41, 5.74) is 14.0. The summed E-state index contributed by atoms with van der Waals surface area (Å²) in [6.07, 6.45) is 12.6. The SMILES string of the molecule is COc1cc(-c2cc(C)c(=O)n(C)c2)cc(OC)c1C(C)C.COc1cc(-c2cn(C)c(=O)c3[nH]ncc23)cc(OC)c1C(C)C.COc1cc(-c2cn(C)c(=O)c3c2ccn3C)cc(OC)c1C(C)C.COc1cc(-c2cn(C)c(=O)c3c2cnn3C)cc(OC)c1C(C)C. The number of nitrogens with one attached hydrogen (secondary N) is 1. The third kappa shape index (κ3) is 14.0. The summed E-state index contributed by atoms with van der Waals surface area (Å²) in [6.45, 7) is 18.7. The summed E-state index contributed by atoms with van der Waals surface area (Å²) in [7, 11) is 23.9. The number of aryl methyl sites for hydroxylation is 7. The average Bonchev–Trinajstić information content (AvgIpc) is 1.49. The monoisotopic (exact) mass is 1310 g/mol. The van der Waals surface area contributed by atoms with Crippen LogP contribution in [0, 0.1) is 6.92 Å². The van der Waals surface area contributed by atoms with Crippen LogP contribution in [0.4, 0.5) is 0 Å². The molecule has 508 valence electrons. The van der Waals surface area contributed by atoms with Crippen LogP contribution in [0.2, 0.25) is 0 Å². The van der Waals surface area contributed by atoms with E-state index in [1.807, 2.05) is 110 Å². The van der Waals surface area contributed by atoms with Crippen molar-refractivity contribution in [3.05, 3.63) is 173 Å². The molecule has 0 radical (unpaired) electrons. The molecule has 0 saturated heterocycles. The van der Waals surface area contributed by atoms with Gasteiger partial charge in [0.2, 0.25) is 0 Å². The van der Waals surface area contributed by atoms with Gasteiger partial charge in [-0.25, -0.2) is 0 Å². The van der Waals surface area contributed by atoms with Crippen molar-refractivity contribution in [1.82, 2.24) is 42.8 Å². The lowest BCUT2D eigenvalue weighted by Crippen LogP contribution is -2.18. The molecule has 0 aliphatic rings. The Morgan fingerprint density at radius 1 is 0.365 bits per heavy atom. The first kappa shape index (κ1) is 71.4. The fourth-order valence-electron chi connectivity index (χ4n) is 12.4. The van der Waals surface area contributed by atoms with Gasteiger partial charge in [-0.2, -0.15) is 10.2 Å². The summed E-state index contributed by atoms with van der Waals surface area (Å²) in [6, 6.07) is 19.8. The number of hydrogen-bond donors (Lipinski definition) is 1. The predicted molar refractivity (Wildman–Crippen MR) is 382 cm³/mol. The summed E-state index contributed by atoms with van der Waals surface area (Å²) in [4.78, 5) is 49.0. The van der Waals surface area contributed by atoms with Crippen molar-refractivity contribution in [2.75, 3.05) is 56.9 Å². The average molecular weight is 1310 g/mol. The Balaban J connectivity index is 0.000000164. The molecule has 0 aliphatic carbocycles. The molecule has 0 atom stereocenters. The summed E-state index contributed by atoms with van der Waals surface area (Å²) >= 11 is 0. The highest BCUT2D eigenvalue weighted by molar-refractivity contribution is 5.97. The van der Waals surface area contributed by atoms with E-state index in [4.69, 9.17) is 37.9 Å². The Hall–Kier alpha value is -10.4. The van der Waals surface area contributed by atoms with Crippen molar-refractivity contribution >= 4 is 32.7 Å². The van der Waals surface area contributed by atoms with E-state index in [-0.39, 0.29) is 40.0 Å². The lowest BCUT2D eigenvalue weighted by molar-refractivity contribution is 0.382. The van der Waals surface area contributed by atoms with Crippen molar-refractivity contribution < 1.29 is 37.9 Å². The minimum absolute atomic E-state index is 0.0102. The molecule has 21 heteroatoms. The molecule has 0 bridgehead atoms. The number of ether oxygens (including phenoxy) is 8. The van der Waals surface area contributed by atoms with Gasteiger partial charge in [0.15, 0.2) is 0 Å². The lowest BCUT2D eigenvalue weighted by Gasteiger charge is -2.18. The van der Waals surface area contributed by atoms with Crippen molar-refractivity contribution in [2.45, 2.75) is 86.0 Å². The summed E-state index contributed by atoms with van der Waals surface area (Å²) in [5.74, 6) is 7.36. The first-order valence-electron chi connectivity index (χ1n) is 31.5. The van der Waals surface area contributed by atoms with Crippen LogP contribution in [0.3, 0.4) is 0 Å². The van der Waals surface area contributed by atoms with Gasteiger partial charge in [-0.1, -0.05) is 55.4 Å². The zero-order valence-electron chi connectivity index (χ0n) is 59.6. The number of hydrogen-bond acceptors (Lipinski definition) is 14. The molecule has 0 fully saturated rings. The zero-order valence-corrected chi connectivity index (χ0v) is 59.6. The fraction of sp³-hybridized carbons (Fsp3) is 0.360. The highest BCUT2D eigenvalue weighted by Crippen LogP contribution is 2.45. The van der Waals surface area contributed by atoms with E-state index in [0.717, 1.165) is 129 Å². The number of pyridine rings is 4. The number of nitrogens with zero attached hydrogens (tertiary/aromatic N) is 8. The number of fused-ring (bicyclic) bond motifs is 3. The molecule has 0 spiro atoms. The molecule has 0 aliphatic heterocycles. The number of H-pyrrole nitrogens is 1. The molecule has 11 aromatic rings. The van der Waals surface area contributed by atoms with Gasteiger partial charge in [0, 0.05) is 134 Å². The number of aromatic amines is 1. The molecule has 1 N–H and O–H groups in total. The Labute approximate surface area is 559 Å². The van der Waals surface area contributed by atoms with Crippen molar-refractivity contribution in [2.24, 2.45) is 42.3 Å². The van der Waals surface area contributed by atoms with E-state index in [0.29, 0.717) is 28.0 Å². The summed E-state index contributed by atoms with van der Waals surface area (Å²) in [5, 5.41) is 13.6. The molecular formula is C75H91N9O12. The lowest BCUT2D eigenvalue weighted by atomic mass is 9.95. The molecule has 4 aromatic carbocycles. The van der Waals surface area contributed by atoms with Crippen LogP contribution in [-0.2, 0) is 42.3 Å². The van der Waals surface area contributed by atoms with Gasteiger partial charge >= 0.3 is 0 Å². The molecule has 0 amide bonds. The Morgan fingerprint density at radius 3 is 1.06 bits per heavy atom. The molecule has 0 saturated carbocycles. The maximum absolute atomic E-state index is 12.5. The normalized spacial score (nSPS) is 11.2. The van der Waals surface area contributed by atoms with Gasteiger partial charge in [-0.15, -0.1) is 0 Å². The largest absolute Gasteiger partial charge is 0.496 e. The Bertz CT molecular complexity index is 4630. The minimum Gasteiger partial charge on any atom is -0.496 e. The van der Waals surface area contributed by atoms with E-state index >= 15 is 0 Å². The second kappa shape index (κ2) is 29.9. The van der Waals surface area contributed by atoms with Gasteiger partial charge in [0.05, 0.1) is 69.3 Å². The van der Waals surface area contributed by atoms with Crippen LogP contribution in [0.25, 0.3) is 77.2 Å². The second-order valence-corrected chi connectivity index (χ2v) is 24.9. The summed E-state index contributed by atoms with van der Waals surface area (Å²) < 4.78 is 54.6. The van der Waals surface area contributed by atoms with Crippen LogP contribution >= 0.6 is 0 Å². The van der Waals surface area contributed by atoms with Gasteiger partial charge < -0.3 is 60.7 Å². The molecule has 7 aromatic heterocycles. The van der Waals surface area contributed by atoms with E-state index in [9.17, 15) is 19.2 Å². The Kier molecular flexibility index (Phi) is 22.2. The number of aromatic nitrogens is 9. The molecular weight excluding hydrogens is 1220 g/mol. The van der Waals surface area contributed by atoms with E-state index < -0.39 is 0 Å². The van der Waals surface area contributed by atoms with Gasteiger partial charge in [-0.3, -0.25) is 29.0 Å². The van der Waals surface area contributed by atoms with E-state index in [2.05, 4.69) is 70.7 Å². The predicted octanol–water partition coefficient (Wildman–Crippen LogP) is 13.3. The van der Waals surface area contributed by atoms with Gasteiger partial charge in [0.1, 0.15) is 62.5 Å². The third-order valence-corrected chi connectivity index (χ3v) is 17.2. The maximum atomic E-state index is 12.5. The van der Waals surface area contributed by atoms with Crippen LogP contribution in [0.1, 0.15) is 107 Å². The highest BCUT2D eigenvalue weighted by atomic mass is 16.5. The first-order chi connectivity index (χ1) is 45.6. The second-order valence-electron chi connectivity index (χ2n) is 24.9. The van der Waals surface area contributed by atoms with Crippen LogP contribution in [0.15, 0.2) is 123 Å². The quantitative estimate of drug-likeness (QED) is 0.0953. The minimum atomic E-state index is -0.107. The third-order valence-electron chi connectivity index (χ3n) is 17.2.